The molecular formula is C19H23NO3. The number of hydrogen-bond acceptors (Lipinski definition) is 3. The van der Waals surface area contributed by atoms with Gasteiger partial charge in [-0.3, -0.25) is 4.79 Å². The lowest BCUT2D eigenvalue weighted by molar-refractivity contribution is -0.124. The highest BCUT2D eigenvalue weighted by Crippen LogP contribution is 2.37. The van der Waals surface area contributed by atoms with Crippen molar-refractivity contribution in [2.75, 3.05) is 20.2 Å². The summed E-state index contributed by atoms with van der Waals surface area (Å²) in [6.45, 7) is 7.70. The lowest BCUT2D eigenvalue weighted by Crippen LogP contribution is -2.25. The van der Waals surface area contributed by atoms with Gasteiger partial charge in [-0.1, -0.05) is 0 Å². The number of ether oxygens (including phenoxy) is 1. The number of methoxy groups -OCH3 is 1. The van der Waals surface area contributed by atoms with Crippen LogP contribution in [0.15, 0.2) is 22.8 Å². The molecule has 0 atom stereocenters. The molecule has 2 aromatic rings. The topological polar surface area (TPSA) is 42.7 Å². The predicted molar refractivity (Wildman–Crippen MR) is 91.7 cm³/mol. The summed E-state index contributed by atoms with van der Waals surface area (Å²) >= 11 is 0. The van der Waals surface area contributed by atoms with Gasteiger partial charge < -0.3 is 14.1 Å². The molecule has 0 bridgehead atoms. The third-order valence-corrected chi connectivity index (χ3v) is 4.62. The van der Waals surface area contributed by atoms with Crippen molar-refractivity contribution in [2.24, 2.45) is 0 Å². The number of allylic oxidation sites excluding steroid dienone is 1. The zero-order chi connectivity index (χ0) is 16.6. The van der Waals surface area contributed by atoms with E-state index in [1.165, 1.54) is 0 Å². The Morgan fingerprint density at radius 1 is 1.30 bits per heavy atom. The fraction of sp³-hybridized carbons (Fsp3) is 0.421. The minimum absolute atomic E-state index is 0.0868. The number of rotatable bonds is 3. The Balaban J connectivity index is 2.06. The standard InChI is InChI=1S/C19H23NO3/c1-12(9-17(21)20-7-5-6-8-20)15-10-16-13(2)11-23-19(16)14(3)18(15)22-4/h9-11H,5-8H2,1-4H3/b12-9+. The minimum Gasteiger partial charge on any atom is -0.496 e. The van der Waals surface area contributed by atoms with Crippen molar-refractivity contribution in [1.29, 1.82) is 0 Å². The summed E-state index contributed by atoms with van der Waals surface area (Å²) in [5.41, 5.74) is 4.78. The molecule has 0 radical (unpaired) electrons. The van der Waals surface area contributed by atoms with Crippen LogP contribution in [0.25, 0.3) is 16.5 Å². The number of likely N-dealkylation sites (tertiary alicyclic amines) is 1. The van der Waals surface area contributed by atoms with E-state index in [0.29, 0.717) is 0 Å². The number of hydrogen-bond donors (Lipinski definition) is 0. The number of aryl methyl sites for hydroxylation is 2. The highest BCUT2D eigenvalue weighted by molar-refractivity contribution is 5.98. The number of fused-ring (bicyclic) bond motifs is 1. The van der Waals surface area contributed by atoms with Gasteiger partial charge in [0.05, 0.1) is 13.4 Å². The second-order valence-electron chi connectivity index (χ2n) is 6.24. The Morgan fingerprint density at radius 3 is 2.65 bits per heavy atom. The van der Waals surface area contributed by atoms with Crippen molar-refractivity contribution in [3.05, 3.63) is 35.1 Å². The number of carbonyl (C=O) groups is 1. The van der Waals surface area contributed by atoms with Gasteiger partial charge in [0.2, 0.25) is 5.91 Å². The smallest absolute Gasteiger partial charge is 0.246 e. The Kier molecular flexibility index (Phi) is 4.16. The van der Waals surface area contributed by atoms with Crippen molar-refractivity contribution >= 4 is 22.4 Å². The Bertz CT molecular complexity index is 779. The van der Waals surface area contributed by atoms with Crippen molar-refractivity contribution in [3.63, 3.8) is 0 Å². The minimum atomic E-state index is 0.0868. The van der Waals surface area contributed by atoms with Gasteiger partial charge in [-0.2, -0.15) is 0 Å². The first-order chi connectivity index (χ1) is 11.0. The molecule has 1 fully saturated rings. The number of amides is 1. The average molecular weight is 313 g/mol. The van der Waals surface area contributed by atoms with Gasteiger partial charge in [0.15, 0.2) is 0 Å². The lowest BCUT2D eigenvalue weighted by atomic mass is 9.98. The average Bonchev–Trinajstić information content (AvgIpc) is 3.17. The first-order valence-corrected chi connectivity index (χ1v) is 8.06. The summed E-state index contributed by atoms with van der Waals surface area (Å²) < 4.78 is 11.2. The molecule has 0 saturated carbocycles. The van der Waals surface area contributed by atoms with Crippen LogP contribution in [0, 0.1) is 13.8 Å². The molecule has 1 aliphatic rings. The monoisotopic (exact) mass is 313 g/mol. The number of benzene rings is 1. The highest BCUT2D eigenvalue weighted by atomic mass is 16.5. The van der Waals surface area contributed by atoms with Crippen LogP contribution in [0.1, 0.15) is 36.5 Å². The zero-order valence-electron chi connectivity index (χ0n) is 14.2. The fourth-order valence-corrected chi connectivity index (χ4v) is 3.29. The van der Waals surface area contributed by atoms with Crippen molar-refractivity contribution in [2.45, 2.75) is 33.6 Å². The van der Waals surface area contributed by atoms with Crippen LogP contribution in [0.2, 0.25) is 0 Å². The fourth-order valence-electron chi connectivity index (χ4n) is 3.29. The Labute approximate surface area is 136 Å². The van der Waals surface area contributed by atoms with Gasteiger partial charge in [-0.25, -0.2) is 0 Å². The molecule has 1 aromatic heterocycles. The second-order valence-corrected chi connectivity index (χ2v) is 6.24. The normalized spacial score (nSPS) is 15.5. The third-order valence-electron chi connectivity index (χ3n) is 4.62. The molecule has 0 unspecified atom stereocenters. The van der Waals surface area contributed by atoms with Gasteiger partial charge in [-0.05, 0) is 50.8 Å². The first-order valence-electron chi connectivity index (χ1n) is 8.06. The van der Waals surface area contributed by atoms with Crippen LogP contribution in [-0.4, -0.2) is 31.0 Å². The Morgan fingerprint density at radius 2 is 2.00 bits per heavy atom. The molecule has 1 amide bonds. The lowest BCUT2D eigenvalue weighted by Gasteiger charge is -2.15. The molecule has 122 valence electrons. The maximum absolute atomic E-state index is 12.4. The van der Waals surface area contributed by atoms with Crippen LogP contribution in [0.5, 0.6) is 5.75 Å². The first kappa shape index (κ1) is 15.7. The van der Waals surface area contributed by atoms with E-state index in [0.717, 1.165) is 64.9 Å². The third kappa shape index (κ3) is 2.74. The molecule has 0 aliphatic carbocycles. The van der Waals surface area contributed by atoms with E-state index < -0.39 is 0 Å². The molecule has 23 heavy (non-hydrogen) atoms. The number of nitrogens with zero attached hydrogens (tertiary/aromatic N) is 1. The van der Waals surface area contributed by atoms with E-state index in [1.54, 1.807) is 19.4 Å². The zero-order valence-corrected chi connectivity index (χ0v) is 14.2. The summed E-state index contributed by atoms with van der Waals surface area (Å²) in [6.07, 6.45) is 5.68. The quantitative estimate of drug-likeness (QED) is 0.802. The maximum Gasteiger partial charge on any atom is 0.246 e. The van der Waals surface area contributed by atoms with Crippen LogP contribution >= 0.6 is 0 Å². The Hall–Kier alpha value is -2.23. The molecule has 1 aliphatic heterocycles. The summed E-state index contributed by atoms with van der Waals surface area (Å²) in [7, 11) is 1.66. The summed E-state index contributed by atoms with van der Waals surface area (Å²) in [6, 6.07) is 2.06. The molecule has 0 N–H and O–H groups in total. The van der Waals surface area contributed by atoms with Gasteiger partial charge in [0.1, 0.15) is 11.3 Å². The maximum atomic E-state index is 12.4. The van der Waals surface area contributed by atoms with Crippen molar-refractivity contribution < 1.29 is 13.9 Å². The molecule has 4 nitrogen and oxygen atoms in total. The highest BCUT2D eigenvalue weighted by Gasteiger charge is 2.19. The van der Waals surface area contributed by atoms with E-state index in [-0.39, 0.29) is 5.91 Å². The van der Waals surface area contributed by atoms with Gasteiger partial charge in [0, 0.05) is 35.7 Å². The van der Waals surface area contributed by atoms with Gasteiger partial charge in [0.25, 0.3) is 0 Å². The molecule has 2 heterocycles. The van der Waals surface area contributed by atoms with Gasteiger partial charge in [-0.15, -0.1) is 0 Å². The van der Waals surface area contributed by atoms with Crippen LogP contribution in [0.3, 0.4) is 0 Å². The second kappa shape index (κ2) is 6.11. The van der Waals surface area contributed by atoms with Gasteiger partial charge >= 0.3 is 0 Å². The van der Waals surface area contributed by atoms with E-state index in [9.17, 15) is 4.79 Å². The van der Waals surface area contributed by atoms with Crippen LogP contribution < -0.4 is 4.74 Å². The molecule has 4 heteroatoms. The molecule has 1 saturated heterocycles. The summed E-state index contributed by atoms with van der Waals surface area (Å²) in [5.74, 6) is 0.860. The molecular weight excluding hydrogens is 290 g/mol. The summed E-state index contributed by atoms with van der Waals surface area (Å²) in [4.78, 5) is 14.3. The predicted octanol–water partition coefficient (Wildman–Crippen LogP) is 4.08. The molecule has 0 spiro atoms. The molecule has 1 aromatic carbocycles. The van der Waals surface area contributed by atoms with Crippen molar-refractivity contribution in [1.82, 2.24) is 4.90 Å². The van der Waals surface area contributed by atoms with Crippen LogP contribution in [-0.2, 0) is 4.79 Å². The largest absolute Gasteiger partial charge is 0.496 e. The summed E-state index contributed by atoms with van der Waals surface area (Å²) in [5, 5.41) is 1.07. The van der Waals surface area contributed by atoms with Crippen LogP contribution in [0.4, 0.5) is 0 Å². The van der Waals surface area contributed by atoms with E-state index in [4.69, 9.17) is 9.15 Å². The SMILES string of the molecule is COc1c(/C(C)=C/C(=O)N2CCCC2)cc2c(C)coc2c1C. The van der Waals surface area contributed by atoms with E-state index >= 15 is 0 Å². The number of carbonyl (C=O) groups excluding carboxylic acids is 1. The van der Waals surface area contributed by atoms with E-state index in [2.05, 4.69) is 6.07 Å². The number of furan rings is 1. The van der Waals surface area contributed by atoms with E-state index in [1.807, 2.05) is 25.7 Å². The van der Waals surface area contributed by atoms with Crippen molar-refractivity contribution in [3.8, 4) is 5.75 Å². The molecule has 3 rings (SSSR count).